The fourth-order valence-corrected chi connectivity index (χ4v) is 8.40. The number of halogens is 1. The van der Waals surface area contributed by atoms with E-state index in [4.69, 9.17) is 8.25 Å². The molecule has 1 aliphatic rings. The van der Waals surface area contributed by atoms with Gasteiger partial charge in [-0.25, -0.2) is 0 Å². The average molecular weight is 391 g/mol. The summed E-state index contributed by atoms with van der Waals surface area (Å²) in [6, 6.07) is 0. The van der Waals surface area contributed by atoms with Crippen LogP contribution in [-0.4, -0.2) is 11.2 Å². The molecule has 0 saturated heterocycles. The fourth-order valence-electron chi connectivity index (χ4n) is 2.18. The zero-order valence-corrected chi connectivity index (χ0v) is 15.1. The third kappa shape index (κ3) is 3.35. The third-order valence-electron chi connectivity index (χ3n) is 3.38. The Morgan fingerprint density at radius 3 is 2.31 bits per heavy atom. The molecule has 0 bridgehead atoms. The van der Waals surface area contributed by atoms with Gasteiger partial charge in [0.05, 0.1) is 0 Å². The fraction of sp³-hybridized carbons (Fsp3) is 1.00. The summed E-state index contributed by atoms with van der Waals surface area (Å²) in [4.78, 5) is 0. The molecule has 0 aromatic heterocycles. The van der Waals surface area contributed by atoms with Gasteiger partial charge < -0.3 is 0 Å². The number of hydrogen-bond acceptors (Lipinski definition) is 1. The van der Waals surface area contributed by atoms with Crippen molar-refractivity contribution in [1.82, 2.24) is 0 Å². The van der Waals surface area contributed by atoms with Crippen molar-refractivity contribution in [3.05, 3.63) is 0 Å². The van der Waals surface area contributed by atoms with Gasteiger partial charge in [0.15, 0.2) is 0 Å². The second kappa shape index (κ2) is 4.80. The number of hydrogen-bond donors (Lipinski definition) is 1. The van der Waals surface area contributed by atoms with Gasteiger partial charge in [0.25, 0.3) is 0 Å². The van der Waals surface area contributed by atoms with Crippen molar-refractivity contribution in [1.29, 1.82) is 0 Å². The van der Waals surface area contributed by atoms with Gasteiger partial charge in [0.2, 0.25) is 0 Å². The van der Waals surface area contributed by atoms with E-state index in [0.29, 0.717) is 14.8 Å². The molecule has 0 aromatic carbocycles. The molecule has 0 unspecified atom stereocenters. The van der Waals surface area contributed by atoms with E-state index in [-0.39, 0.29) is 6.10 Å². The van der Waals surface area contributed by atoms with E-state index < -0.39 is 23.3 Å². The Balaban J connectivity index is 2.51. The summed E-state index contributed by atoms with van der Waals surface area (Å²) in [5.74, 6) is 0.690. The van der Waals surface area contributed by atoms with Crippen molar-refractivity contribution in [3.8, 4) is 0 Å². The SMILES string of the molecule is CC(C)(C)[C@H]1CC[C@@H]([Hg][Cl])[C@H](O)C1. The quantitative estimate of drug-likeness (QED) is 0.681. The Kier molecular flexibility index (Phi) is 4.53. The van der Waals surface area contributed by atoms with Gasteiger partial charge in [-0.05, 0) is 0 Å². The molecule has 0 heterocycles. The Morgan fingerprint density at radius 2 is 1.92 bits per heavy atom. The second-order valence-electron chi connectivity index (χ2n) is 5.36. The maximum atomic E-state index is 9.87. The van der Waals surface area contributed by atoms with Gasteiger partial charge in [-0.3, -0.25) is 0 Å². The van der Waals surface area contributed by atoms with Crippen molar-refractivity contribution in [2.75, 3.05) is 0 Å². The summed E-state index contributed by atoms with van der Waals surface area (Å²) in [6.45, 7) is 6.82. The molecule has 1 aliphatic carbocycles. The van der Waals surface area contributed by atoms with Crippen LogP contribution < -0.4 is 0 Å². The van der Waals surface area contributed by atoms with Crippen LogP contribution in [0.15, 0.2) is 0 Å². The van der Waals surface area contributed by atoms with E-state index in [0.717, 1.165) is 6.42 Å². The van der Waals surface area contributed by atoms with E-state index in [9.17, 15) is 5.11 Å². The van der Waals surface area contributed by atoms with Crippen molar-refractivity contribution in [2.24, 2.45) is 11.3 Å². The van der Waals surface area contributed by atoms with Crippen molar-refractivity contribution >= 4 is 8.25 Å². The van der Waals surface area contributed by atoms with Crippen LogP contribution in [-0.2, 0) is 23.3 Å². The van der Waals surface area contributed by atoms with Gasteiger partial charge in [-0.15, -0.1) is 0 Å². The Morgan fingerprint density at radius 1 is 1.31 bits per heavy atom. The van der Waals surface area contributed by atoms with Gasteiger partial charge >= 0.3 is 97.6 Å². The first-order chi connectivity index (χ1) is 5.95. The van der Waals surface area contributed by atoms with Gasteiger partial charge in [0, 0.05) is 0 Å². The molecular weight excluding hydrogens is 372 g/mol. The molecule has 0 aliphatic heterocycles. The molecule has 74 valence electrons. The van der Waals surface area contributed by atoms with Crippen LogP contribution in [0.1, 0.15) is 40.0 Å². The number of aliphatic hydroxyl groups is 1. The van der Waals surface area contributed by atoms with Crippen molar-refractivity contribution in [2.45, 2.75) is 49.6 Å². The predicted octanol–water partition coefficient (Wildman–Crippen LogP) is 3.22. The predicted molar refractivity (Wildman–Crippen MR) is 52.4 cm³/mol. The van der Waals surface area contributed by atoms with Crippen LogP contribution in [0.3, 0.4) is 0 Å². The Bertz CT molecular complexity index is 167. The molecule has 0 radical (unpaired) electrons. The Hall–Kier alpha value is 1.19. The zero-order chi connectivity index (χ0) is 10.1. The third-order valence-corrected chi connectivity index (χ3v) is 12.1. The van der Waals surface area contributed by atoms with Crippen LogP contribution in [0.2, 0.25) is 3.43 Å². The molecule has 1 N–H and O–H groups in total. The van der Waals surface area contributed by atoms with Crippen molar-refractivity contribution < 1.29 is 28.4 Å². The minimum atomic E-state index is -1.20. The first kappa shape index (κ1) is 12.3. The van der Waals surface area contributed by atoms with Crippen LogP contribution in [0.25, 0.3) is 0 Å². The Labute approximate surface area is 97.1 Å². The van der Waals surface area contributed by atoms with Crippen LogP contribution in [0, 0.1) is 11.3 Å². The molecule has 0 amide bonds. The minimum absolute atomic E-state index is 0.0721. The maximum absolute atomic E-state index is 9.87. The van der Waals surface area contributed by atoms with Crippen LogP contribution in [0.4, 0.5) is 0 Å². The van der Waals surface area contributed by atoms with E-state index in [2.05, 4.69) is 20.8 Å². The molecule has 1 nitrogen and oxygen atoms in total. The van der Waals surface area contributed by atoms with E-state index >= 15 is 0 Å². The first-order valence-electron chi connectivity index (χ1n) is 5.19. The number of aliphatic hydroxyl groups excluding tert-OH is 1. The van der Waals surface area contributed by atoms with Crippen LogP contribution >= 0.6 is 8.25 Å². The summed E-state index contributed by atoms with van der Waals surface area (Å²) in [6.07, 6.45) is 3.38. The molecule has 3 atom stereocenters. The summed E-state index contributed by atoms with van der Waals surface area (Å²) < 4.78 is 0.556. The zero-order valence-electron chi connectivity index (χ0n) is 8.89. The van der Waals surface area contributed by atoms with E-state index in [1.165, 1.54) is 12.8 Å². The molecule has 1 saturated carbocycles. The summed E-state index contributed by atoms with van der Waals surface area (Å²) in [5.41, 5.74) is 0.356. The van der Waals surface area contributed by atoms with Crippen LogP contribution in [0.5, 0.6) is 0 Å². The van der Waals surface area contributed by atoms with Crippen molar-refractivity contribution in [3.63, 3.8) is 0 Å². The molecule has 3 heteroatoms. The molecule has 0 aromatic rings. The van der Waals surface area contributed by atoms with Gasteiger partial charge in [0.1, 0.15) is 0 Å². The molecule has 13 heavy (non-hydrogen) atoms. The van der Waals surface area contributed by atoms with E-state index in [1.807, 2.05) is 0 Å². The van der Waals surface area contributed by atoms with Gasteiger partial charge in [-0.1, -0.05) is 0 Å². The topological polar surface area (TPSA) is 20.2 Å². The second-order valence-corrected chi connectivity index (χ2v) is 13.3. The average Bonchev–Trinajstić information content (AvgIpc) is 2.02. The standard InChI is InChI=1S/C10H19O.ClH.Hg/c1-10(2,3)8-5-4-6-9(11)7-8;;/h6,8-9,11H,4-5,7H2,1-3H3;1H;/q;;+1/p-1/t8-,9-;;/m0../s1. The molecule has 0 spiro atoms. The molecule has 1 fully saturated rings. The van der Waals surface area contributed by atoms with E-state index in [1.54, 1.807) is 0 Å². The molecule has 1 rings (SSSR count). The molecular formula is C10H19ClHgO. The van der Waals surface area contributed by atoms with Gasteiger partial charge in [-0.2, -0.15) is 0 Å². The normalized spacial score (nSPS) is 35.6. The first-order valence-corrected chi connectivity index (χ1v) is 15.1. The number of rotatable bonds is 1. The summed E-state index contributed by atoms with van der Waals surface area (Å²) in [5, 5.41) is 9.87. The monoisotopic (exact) mass is 392 g/mol. The summed E-state index contributed by atoms with van der Waals surface area (Å²) >= 11 is -1.20. The summed E-state index contributed by atoms with van der Waals surface area (Å²) in [7, 11) is 6.00.